The number of primary amides is 1. The summed E-state index contributed by atoms with van der Waals surface area (Å²) in [5.74, 6) is -1.07. The maximum absolute atomic E-state index is 12.1. The number of nitrogens with two attached hydrogens (primary N) is 1. The summed E-state index contributed by atoms with van der Waals surface area (Å²) in [4.78, 5) is 27.3. The number of nitrogens with zero attached hydrogens (tertiary/aromatic N) is 2. The van der Waals surface area contributed by atoms with E-state index < -0.39 is 5.91 Å². The zero-order valence-corrected chi connectivity index (χ0v) is 12.5. The molecule has 0 bridgehead atoms. The van der Waals surface area contributed by atoms with Crippen LogP contribution in [0, 0.1) is 0 Å². The zero-order valence-electron chi connectivity index (χ0n) is 11.7. The lowest BCUT2D eigenvalue weighted by molar-refractivity contribution is 0.0939. The average Bonchev–Trinajstić information content (AvgIpc) is 2.99. The van der Waals surface area contributed by atoms with E-state index in [1.807, 2.05) is 22.9 Å². The van der Waals surface area contributed by atoms with Crippen molar-refractivity contribution in [3.05, 3.63) is 65.2 Å². The summed E-state index contributed by atoms with van der Waals surface area (Å²) in [6.07, 6.45) is 8.96. The van der Waals surface area contributed by atoms with Gasteiger partial charge in [0, 0.05) is 30.5 Å². The van der Waals surface area contributed by atoms with Crippen LogP contribution in [-0.4, -0.2) is 27.9 Å². The molecule has 2 amide bonds. The van der Waals surface area contributed by atoms with Gasteiger partial charge in [-0.15, -0.1) is 0 Å². The van der Waals surface area contributed by atoms with Crippen molar-refractivity contribution in [1.82, 2.24) is 14.9 Å². The van der Waals surface area contributed by atoms with Crippen LogP contribution in [0.3, 0.4) is 0 Å². The number of rotatable bonds is 6. The molecule has 0 saturated carbocycles. The molecular weight excluding hydrogens is 304 g/mol. The highest BCUT2D eigenvalue weighted by Gasteiger charge is 2.14. The highest BCUT2D eigenvalue weighted by atomic mass is 35.5. The number of hydrogen-bond donors (Lipinski definition) is 2. The molecule has 0 atom stereocenters. The van der Waals surface area contributed by atoms with E-state index in [2.05, 4.69) is 10.3 Å². The summed E-state index contributed by atoms with van der Waals surface area (Å²) in [5, 5.41) is 3.04. The molecule has 0 aliphatic rings. The Morgan fingerprint density at radius 3 is 2.82 bits per heavy atom. The average molecular weight is 319 g/mol. The van der Waals surface area contributed by atoms with E-state index in [4.69, 9.17) is 17.3 Å². The van der Waals surface area contributed by atoms with Crippen molar-refractivity contribution < 1.29 is 9.59 Å². The number of halogens is 1. The number of carbonyl (C=O) groups is 2. The molecule has 0 unspecified atom stereocenters. The summed E-state index contributed by atoms with van der Waals surface area (Å²) >= 11 is 5.80. The molecule has 114 valence electrons. The minimum Gasteiger partial charge on any atom is -0.366 e. The normalized spacial score (nSPS) is 10.8. The molecule has 0 fully saturated rings. The third-order valence-electron chi connectivity index (χ3n) is 2.91. The molecule has 0 radical (unpaired) electrons. The standard InChI is InChI=1S/C15H15ClN4O2/c16-11-3-4-12(13(9-11)14(17)21)15(22)19-5-1-2-7-20-8-6-18-10-20/h1-4,6,8-10H,5,7H2,(H2,17,21)(H,19,22)/b2-1+. The van der Waals surface area contributed by atoms with Crippen LogP contribution >= 0.6 is 11.6 Å². The number of benzene rings is 1. The lowest BCUT2D eigenvalue weighted by Gasteiger charge is -2.07. The van der Waals surface area contributed by atoms with Crippen molar-refractivity contribution in [2.24, 2.45) is 5.73 Å². The molecule has 0 aliphatic heterocycles. The Kier molecular flexibility index (Phi) is 5.32. The number of imidazole rings is 1. The molecule has 1 aromatic heterocycles. The molecule has 2 rings (SSSR count). The summed E-state index contributed by atoms with van der Waals surface area (Å²) in [7, 11) is 0. The fourth-order valence-corrected chi connectivity index (χ4v) is 2.01. The van der Waals surface area contributed by atoms with Crippen molar-refractivity contribution in [2.75, 3.05) is 6.54 Å². The van der Waals surface area contributed by atoms with Crippen molar-refractivity contribution in [3.8, 4) is 0 Å². The van der Waals surface area contributed by atoms with E-state index in [0.29, 0.717) is 18.1 Å². The molecule has 0 spiro atoms. The lowest BCUT2D eigenvalue weighted by Crippen LogP contribution is -2.27. The first kappa shape index (κ1) is 15.8. The summed E-state index contributed by atoms with van der Waals surface area (Å²) in [6.45, 7) is 1.01. The van der Waals surface area contributed by atoms with Gasteiger partial charge in [-0.05, 0) is 18.2 Å². The van der Waals surface area contributed by atoms with Gasteiger partial charge in [-0.1, -0.05) is 23.8 Å². The predicted octanol–water partition coefficient (Wildman–Crippen LogP) is 1.62. The van der Waals surface area contributed by atoms with Crippen LogP contribution in [0.4, 0.5) is 0 Å². The molecule has 0 saturated heterocycles. The minimum absolute atomic E-state index is 0.104. The van der Waals surface area contributed by atoms with E-state index in [-0.39, 0.29) is 17.0 Å². The van der Waals surface area contributed by atoms with Gasteiger partial charge in [-0.3, -0.25) is 9.59 Å². The Morgan fingerprint density at radius 2 is 2.14 bits per heavy atom. The molecule has 7 heteroatoms. The maximum Gasteiger partial charge on any atom is 0.252 e. The van der Waals surface area contributed by atoms with Gasteiger partial charge in [0.2, 0.25) is 5.91 Å². The van der Waals surface area contributed by atoms with Gasteiger partial charge in [-0.25, -0.2) is 4.98 Å². The number of aromatic nitrogens is 2. The Morgan fingerprint density at radius 1 is 1.32 bits per heavy atom. The fraction of sp³-hybridized carbons (Fsp3) is 0.133. The second kappa shape index (κ2) is 7.42. The number of amides is 2. The van der Waals surface area contributed by atoms with Gasteiger partial charge in [0.05, 0.1) is 17.5 Å². The van der Waals surface area contributed by atoms with Crippen molar-refractivity contribution in [2.45, 2.75) is 6.54 Å². The largest absolute Gasteiger partial charge is 0.366 e. The van der Waals surface area contributed by atoms with E-state index in [9.17, 15) is 9.59 Å². The maximum atomic E-state index is 12.1. The summed E-state index contributed by atoms with van der Waals surface area (Å²) in [6, 6.07) is 4.40. The van der Waals surface area contributed by atoms with Gasteiger partial charge in [0.15, 0.2) is 0 Å². The topological polar surface area (TPSA) is 90.0 Å². The zero-order chi connectivity index (χ0) is 15.9. The van der Waals surface area contributed by atoms with Gasteiger partial charge in [0.25, 0.3) is 5.91 Å². The van der Waals surface area contributed by atoms with Gasteiger partial charge >= 0.3 is 0 Å². The molecular formula is C15H15ClN4O2. The predicted molar refractivity (Wildman–Crippen MR) is 83.7 cm³/mol. The number of hydrogen-bond acceptors (Lipinski definition) is 3. The highest BCUT2D eigenvalue weighted by Crippen LogP contribution is 2.15. The van der Waals surface area contributed by atoms with E-state index in [0.717, 1.165) is 0 Å². The Bertz CT molecular complexity index is 696. The summed E-state index contributed by atoms with van der Waals surface area (Å²) in [5.41, 5.74) is 5.56. The van der Waals surface area contributed by atoms with Gasteiger partial charge in [0.1, 0.15) is 0 Å². The molecule has 0 aliphatic carbocycles. The van der Waals surface area contributed by atoms with Crippen molar-refractivity contribution in [3.63, 3.8) is 0 Å². The molecule has 6 nitrogen and oxygen atoms in total. The Balaban J connectivity index is 1.92. The van der Waals surface area contributed by atoms with Crippen LogP contribution in [0.1, 0.15) is 20.7 Å². The highest BCUT2D eigenvalue weighted by molar-refractivity contribution is 6.31. The quantitative estimate of drug-likeness (QED) is 0.793. The molecule has 1 aromatic carbocycles. The second-order valence-electron chi connectivity index (χ2n) is 4.50. The van der Waals surface area contributed by atoms with Crippen molar-refractivity contribution >= 4 is 23.4 Å². The first-order valence-electron chi connectivity index (χ1n) is 6.56. The molecule has 3 N–H and O–H groups in total. The van der Waals surface area contributed by atoms with Crippen LogP contribution in [0.15, 0.2) is 49.1 Å². The molecule has 1 heterocycles. The number of carbonyl (C=O) groups excluding carboxylic acids is 2. The monoisotopic (exact) mass is 318 g/mol. The Hall–Kier alpha value is -2.60. The smallest absolute Gasteiger partial charge is 0.252 e. The third-order valence-corrected chi connectivity index (χ3v) is 3.15. The van der Waals surface area contributed by atoms with Crippen LogP contribution in [-0.2, 0) is 6.54 Å². The first-order valence-corrected chi connectivity index (χ1v) is 6.94. The number of allylic oxidation sites excluding steroid dienone is 1. The van der Waals surface area contributed by atoms with Crippen molar-refractivity contribution in [1.29, 1.82) is 0 Å². The lowest BCUT2D eigenvalue weighted by atomic mass is 10.1. The first-order chi connectivity index (χ1) is 10.6. The second-order valence-corrected chi connectivity index (χ2v) is 4.93. The SMILES string of the molecule is NC(=O)c1cc(Cl)ccc1C(=O)NC/C=C/Cn1ccnc1. The van der Waals surface area contributed by atoms with Crippen LogP contribution in [0.5, 0.6) is 0 Å². The van der Waals surface area contributed by atoms with E-state index in [1.54, 1.807) is 12.5 Å². The summed E-state index contributed by atoms with van der Waals surface area (Å²) < 4.78 is 1.89. The minimum atomic E-state index is -0.691. The third kappa shape index (κ3) is 4.20. The van der Waals surface area contributed by atoms with Gasteiger partial charge in [-0.2, -0.15) is 0 Å². The molecule has 22 heavy (non-hydrogen) atoms. The molecule has 2 aromatic rings. The van der Waals surface area contributed by atoms with E-state index in [1.165, 1.54) is 18.2 Å². The fourth-order valence-electron chi connectivity index (χ4n) is 1.84. The Labute approximate surface area is 132 Å². The number of nitrogens with one attached hydrogen (secondary N) is 1. The van der Waals surface area contributed by atoms with Gasteiger partial charge < -0.3 is 15.6 Å². The van der Waals surface area contributed by atoms with Crippen LogP contribution in [0.25, 0.3) is 0 Å². The van der Waals surface area contributed by atoms with Crippen LogP contribution < -0.4 is 11.1 Å². The van der Waals surface area contributed by atoms with Crippen LogP contribution in [0.2, 0.25) is 5.02 Å². The van der Waals surface area contributed by atoms with E-state index >= 15 is 0 Å².